The topological polar surface area (TPSA) is 75.4 Å². The van der Waals surface area contributed by atoms with Crippen molar-refractivity contribution in [1.82, 2.24) is 19.6 Å². The van der Waals surface area contributed by atoms with Crippen molar-refractivity contribution in [3.8, 4) is 0 Å². The van der Waals surface area contributed by atoms with E-state index in [0.717, 1.165) is 0 Å². The molecule has 2 atom stereocenters. The van der Waals surface area contributed by atoms with E-state index in [1.807, 2.05) is 0 Å². The first-order valence-corrected chi connectivity index (χ1v) is 9.81. The van der Waals surface area contributed by atoms with Crippen molar-refractivity contribution in [1.29, 1.82) is 0 Å². The maximum Gasteiger partial charge on any atom is 0.276 e. The fourth-order valence-electron chi connectivity index (χ4n) is 3.87. The Kier molecular flexibility index (Phi) is 4.78. The van der Waals surface area contributed by atoms with Gasteiger partial charge in [-0.3, -0.25) is 9.78 Å². The van der Waals surface area contributed by atoms with E-state index < -0.39 is 6.17 Å². The van der Waals surface area contributed by atoms with E-state index in [0.29, 0.717) is 22.7 Å². The van der Waals surface area contributed by atoms with Crippen molar-refractivity contribution in [2.75, 3.05) is 16.8 Å². The van der Waals surface area contributed by atoms with Gasteiger partial charge in [-0.2, -0.15) is 0 Å². The van der Waals surface area contributed by atoms with Gasteiger partial charge in [0, 0.05) is 24.5 Å². The summed E-state index contributed by atoms with van der Waals surface area (Å²) in [5.41, 5.74) is 2.01. The molecule has 156 valence electrons. The van der Waals surface area contributed by atoms with E-state index >= 15 is 0 Å². The first kappa shape index (κ1) is 19.1. The Morgan fingerprint density at radius 3 is 2.77 bits per heavy atom. The first-order valence-electron chi connectivity index (χ1n) is 9.81. The average molecular weight is 420 g/mol. The second-order valence-electron chi connectivity index (χ2n) is 7.35. The first-order chi connectivity index (χ1) is 15.1. The Labute approximate surface area is 176 Å². The summed E-state index contributed by atoms with van der Waals surface area (Å²) in [6, 6.07) is 12.6. The zero-order valence-corrected chi connectivity index (χ0v) is 16.3. The highest BCUT2D eigenvalue weighted by Crippen LogP contribution is 2.36. The van der Waals surface area contributed by atoms with Crippen molar-refractivity contribution in [3.05, 3.63) is 84.2 Å². The van der Waals surface area contributed by atoms with Gasteiger partial charge in [0.05, 0.1) is 18.8 Å². The van der Waals surface area contributed by atoms with E-state index in [-0.39, 0.29) is 36.4 Å². The van der Waals surface area contributed by atoms with E-state index in [2.05, 4.69) is 20.4 Å². The lowest BCUT2D eigenvalue weighted by Gasteiger charge is -2.25. The number of carbonyl (C=O) groups is 1. The molecular formula is C22H18F2N6O. The highest BCUT2D eigenvalue weighted by Gasteiger charge is 2.34. The molecule has 1 amide bonds. The summed E-state index contributed by atoms with van der Waals surface area (Å²) in [5.74, 6) is -0.263. The molecule has 31 heavy (non-hydrogen) atoms. The smallest absolute Gasteiger partial charge is 0.276 e. The number of alkyl halides is 1. The van der Waals surface area contributed by atoms with Crippen LogP contribution in [0.25, 0.3) is 5.65 Å². The summed E-state index contributed by atoms with van der Waals surface area (Å²) >= 11 is 0. The molecule has 4 heterocycles. The summed E-state index contributed by atoms with van der Waals surface area (Å²) in [7, 11) is 0. The summed E-state index contributed by atoms with van der Waals surface area (Å²) in [4.78, 5) is 22.7. The lowest BCUT2D eigenvalue weighted by atomic mass is 10.0. The SMILES string of the molecule is O=C(Nc1ccncc1)c1cnc2ccc(N3C[C@@H](F)C[C@@H]3c3cccc(F)c3)nn12. The third-order valence-electron chi connectivity index (χ3n) is 5.30. The number of nitrogens with zero attached hydrogens (tertiary/aromatic N) is 5. The number of pyridine rings is 1. The molecule has 1 N–H and O–H groups in total. The number of hydrogen-bond acceptors (Lipinski definition) is 5. The maximum atomic E-state index is 14.3. The molecule has 1 fully saturated rings. The number of rotatable bonds is 4. The van der Waals surface area contributed by atoms with Gasteiger partial charge in [0.15, 0.2) is 11.3 Å². The summed E-state index contributed by atoms with van der Waals surface area (Å²) in [6.07, 6.45) is 3.77. The van der Waals surface area contributed by atoms with Gasteiger partial charge in [-0.05, 0) is 42.0 Å². The molecular weight excluding hydrogens is 402 g/mol. The van der Waals surface area contributed by atoms with Crippen LogP contribution in [0, 0.1) is 5.82 Å². The molecule has 4 aromatic rings. The Morgan fingerprint density at radius 1 is 1.13 bits per heavy atom. The Hall–Kier alpha value is -3.88. The van der Waals surface area contributed by atoms with Gasteiger partial charge < -0.3 is 10.2 Å². The fraction of sp³-hybridized carbons (Fsp3) is 0.182. The van der Waals surface area contributed by atoms with Crippen LogP contribution in [0.2, 0.25) is 0 Å². The third-order valence-corrected chi connectivity index (χ3v) is 5.30. The highest BCUT2D eigenvalue weighted by atomic mass is 19.1. The van der Waals surface area contributed by atoms with Crippen molar-refractivity contribution in [2.45, 2.75) is 18.6 Å². The number of hydrogen-bond donors (Lipinski definition) is 1. The minimum atomic E-state index is -1.07. The van der Waals surface area contributed by atoms with Crippen LogP contribution in [0.4, 0.5) is 20.3 Å². The molecule has 0 saturated carbocycles. The van der Waals surface area contributed by atoms with Gasteiger partial charge in [-0.1, -0.05) is 12.1 Å². The number of imidazole rings is 1. The number of benzene rings is 1. The number of aromatic nitrogens is 4. The van der Waals surface area contributed by atoms with E-state index in [1.54, 1.807) is 53.7 Å². The molecule has 3 aromatic heterocycles. The van der Waals surface area contributed by atoms with Crippen LogP contribution >= 0.6 is 0 Å². The van der Waals surface area contributed by atoms with E-state index in [1.165, 1.54) is 22.8 Å². The molecule has 1 aromatic carbocycles. The van der Waals surface area contributed by atoms with Crippen LogP contribution in [0.15, 0.2) is 67.1 Å². The second kappa shape index (κ2) is 7.75. The Morgan fingerprint density at radius 2 is 1.97 bits per heavy atom. The number of carbonyl (C=O) groups excluding carboxylic acids is 1. The predicted molar refractivity (Wildman–Crippen MR) is 111 cm³/mol. The lowest BCUT2D eigenvalue weighted by molar-refractivity contribution is 0.102. The van der Waals surface area contributed by atoms with Crippen molar-refractivity contribution in [2.24, 2.45) is 0 Å². The zero-order valence-electron chi connectivity index (χ0n) is 16.3. The second-order valence-corrected chi connectivity index (χ2v) is 7.35. The molecule has 1 aliphatic heterocycles. The maximum absolute atomic E-state index is 14.3. The van der Waals surface area contributed by atoms with Crippen LogP contribution in [0.1, 0.15) is 28.5 Å². The van der Waals surface area contributed by atoms with Gasteiger partial charge in [0.1, 0.15) is 17.8 Å². The molecule has 0 radical (unpaired) electrons. The zero-order chi connectivity index (χ0) is 21.4. The molecule has 0 aliphatic carbocycles. The minimum absolute atomic E-state index is 0.132. The normalized spacial score (nSPS) is 18.5. The van der Waals surface area contributed by atoms with Crippen LogP contribution in [-0.2, 0) is 0 Å². The average Bonchev–Trinajstić information content (AvgIpc) is 3.37. The van der Waals surface area contributed by atoms with Crippen molar-refractivity contribution < 1.29 is 13.6 Å². The molecule has 7 nitrogen and oxygen atoms in total. The lowest BCUT2D eigenvalue weighted by Crippen LogP contribution is -2.26. The molecule has 0 unspecified atom stereocenters. The van der Waals surface area contributed by atoms with Crippen molar-refractivity contribution in [3.63, 3.8) is 0 Å². The molecule has 5 rings (SSSR count). The van der Waals surface area contributed by atoms with Gasteiger partial charge in [-0.25, -0.2) is 18.3 Å². The number of nitrogens with one attached hydrogen (secondary N) is 1. The number of fused-ring (bicyclic) bond motifs is 1. The summed E-state index contributed by atoms with van der Waals surface area (Å²) in [5, 5.41) is 7.34. The quantitative estimate of drug-likeness (QED) is 0.544. The van der Waals surface area contributed by atoms with Gasteiger partial charge >= 0.3 is 0 Å². The molecule has 0 spiro atoms. The van der Waals surface area contributed by atoms with Gasteiger partial charge in [-0.15, -0.1) is 5.10 Å². The summed E-state index contributed by atoms with van der Waals surface area (Å²) < 4.78 is 29.5. The Balaban J connectivity index is 1.49. The van der Waals surface area contributed by atoms with Gasteiger partial charge in [0.25, 0.3) is 5.91 Å². The largest absolute Gasteiger partial charge is 0.345 e. The van der Waals surface area contributed by atoms with Gasteiger partial charge in [0.2, 0.25) is 0 Å². The number of amides is 1. The molecule has 0 bridgehead atoms. The molecule has 9 heteroatoms. The Bertz CT molecular complexity index is 1250. The predicted octanol–water partition coefficient (Wildman–Crippen LogP) is 3.81. The third kappa shape index (κ3) is 3.70. The molecule has 1 saturated heterocycles. The van der Waals surface area contributed by atoms with Crippen LogP contribution in [-0.4, -0.2) is 38.2 Å². The van der Waals surface area contributed by atoms with E-state index in [9.17, 15) is 13.6 Å². The minimum Gasteiger partial charge on any atom is -0.345 e. The summed E-state index contributed by atoms with van der Waals surface area (Å²) in [6.45, 7) is 0.132. The van der Waals surface area contributed by atoms with Crippen LogP contribution < -0.4 is 10.2 Å². The number of anilines is 2. The number of halogens is 2. The standard InChI is InChI=1S/C22H18F2N6O/c23-15-3-1-2-14(10-15)18-11-16(24)13-29(18)21-5-4-20-26-12-19(30(20)28-21)22(31)27-17-6-8-25-9-7-17/h1-10,12,16,18H,11,13H2,(H,25,27,31)/t16-,18+/m0/s1. The fourth-order valence-corrected chi connectivity index (χ4v) is 3.87. The van der Waals surface area contributed by atoms with E-state index in [4.69, 9.17) is 0 Å². The highest BCUT2D eigenvalue weighted by molar-refractivity contribution is 6.03. The van der Waals surface area contributed by atoms with Crippen LogP contribution in [0.3, 0.4) is 0 Å². The monoisotopic (exact) mass is 420 g/mol. The van der Waals surface area contributed by atoms with Crippen molar-refractivity contribution >= 4 is 23.1 Å². The molecule has 1 aliphatic rings. The van der Waals surface area contributed by atoms with Crippen LogP contribution in [0.5, 0.6) is 0 Å².